The molecule has 2 aromatic carbocycles. The summed E-state index contributed by atoms with van der Waals surface area (Å²) in [5, 5.41) is 3.78. The van der Waals surface area contributed by atoms with Crippen molar-refractivity contribution in [1.82, 2.24) is 4.90 Å². The van der Waals surface area contributed by atoms with Crippen molar-refractivity contribution in [3.05, 3.63) is 59.4 Å². The molecule has 24 heavy (non-hydrogen) atoms. The number of anilines is 2. The summed E-state index contributed by atoms with van der Waals surface area (Å²) in [6, 6.07) is 13.7. The molecule has 0 radical (unpaired) electrons. The minimum atomic E-state index is -0.235. The topological polar surface area (TPSA) is 35.6 Å². The van der Waals surface area contributed by atoms with Crippen LogP contribution in [0.4, 0.5) is 15.8 Å². The molecule has 0 unspecified atom stereocenters. The van der Waals surface area contributed by atoms with Gasteiger partial charge in [0.1, 0.15) is 5.82 Å². The lowest BCUT2D eigenvalue weighted by Gasteiger charge is -2.36. The number of hydrogen-bond acceptors (Lipinski definition) is 3. The zero-order valence-electron chi connectivity index (χ0n) is 13.2. The molecule has 1 saturated heterocycles. The minimum absolute atomic E-state index is 0.0729. The molecule has 0 aliphatic carbocycles. The maximum absolute atomic E-state index is 13.0. The van der Waals surface area contributed by atoms with Gasteiger partial charge in [-0.05, 0) is 48.5 Å². The second-order valence-corrected chi connectivity index (χ2v) is 6.14. The van der Waals surface area contributed by atoms with Crippen molar-refractivity contribution in [1.29, 1.82) is 0 Å². The first-order chi connectivity index (χ1) is 11.6. The molecule has 0 saturated carbocycles. The van der Waals surface area contributed by atoms with E-state index in [0.717, 1.165) is 24.5 Å². The number of amides is 1. The predicted octanol–water partition coefficient (Wildman–Crippen LogP) is 3.24. The molecule has 1 heterocycles. The zero-order valence-corrected chi connectivity index (χ0v) is 14.0. The number of hydrogen-bond donors (Lipinski definition) is 1. The van der Waals surface area contributed by atoms with E-state index in [4.69, 9.17) is 11.6 Å². The molecule has 0 bridgehead atoms. The lowest BCUT2D eigenvalue weighted by atomic mass is 10.2. The average Bonchev–Trinajstić information content (AvgIpc) is 2.62. The fraction of sp³-hybridized carbons (Fsp3) is 0.278. The number of halogens is 2. The van der Waals surface area contributed by atoms with Crippen molar-refractivity contribution in [2.24, 2.45) is 0 Å². The Bertz CT molecular complexity index is 682. The normalized spacial score (nSPS) is 14.6. The van der Waals surface area contributed by atoms with Gasteiger partial charge < -0.3 is 15.1 Å². The first-order valence-electron chi connectivity index (χ1n) is 7.89. The lowest BCUT2D eigenvalue weighted by Crippen LogP contribution is -2.50. The van der Waals surface area contributed by atoms with Crippen LogP contribution in [0.2, 0.25) is 5.02 Å². The molecule has 126 valence electrons. The van der Waals surface area contributed by atoms with Gasteiger partial charge in [0.05, 0.1) is 6.54 Å². The maximum atomic E-state index is 13.0. The van der Waals surface area contributed by atoms with Crippen molar-refractivity contribution in [2.45, 2.75) is 0 Å². The van der Waals surface area contributed by atoms with Gasteiger partial charge in [-0.15, -0.1) is 0 Å². The van der Waals surface area contributed by atoms with Crippen molar-refractivity contribution < 1.29 is 9.18 Å². The molecule has 6 heteroatoms. The Morgan fingerprint density at radius 3 is 2.25 bits per heavy atom. The highest BCUT2D eigenvalue weighted by Crippen LogP contribution is 2.17. The van der Waals surface area contributed by atoms with Crippen LogP contribution in [0.5, 0.6) is 0 Å². The van der Waals surface area contributed by atoms with E-state index < -0.39 is 0 Å². The number of nitrogens with zero attached hydrogens (tertiary/aromatic N) is 2. The van der Waals surface area contributed by atoms with Crippen LogP contribution in [0, 0.1) is 5.82 Å². The Hall–Kier alpha value is -2.27. The van der Waals surface area contributed by atoms with Crippen LogP contribution in [0.25, 0.3) is 0 Å². The molecule has 1 amide bonds. The van der Waals surface area contributed by atoms with Crippen molar-refractivity contribution in [3.63, 3.8) is 0 Å². The van der Waals surface area contributed by atoms with Crippen molar-refractivity contribution in [2.75, 3.05) is 42.9 Å². The molecule has 3 rings (SSSR count). The van der Waals surface area contributed by atoms with Gasteiger partial charge in [0, 0.05) is 42.6 Å². The lowest BCUT2D eigenvalue weighted by molar-refractivity contribution is -0.129. The van der Waals surface area contributed by atoms with E-state index in [0.29, 0.717) is 18.1 Å². The van der Waals surface area contributed by atoms with Gasteiger partial charge >= 0.3 is 0 Å². The highest BCUT2D eigenvalue weighted by molar-refractivity contribution is 6.30. The van der Waals surface area contributed by atoms with Crippen LogP contribution in [0.1, 0.15) is 0 Å². The van der Waals surface area contributed by atoms with Crippen LogP contribution in [-0.4, -0.2) is 43.5 Å². The fourth-order valence-corrected chi connectivity index (χ4v) is 2.85. The number of benzene rings is 2. The number of carbonyl (C=O) groups excluding carboxylic acids is 1. The number of piperazine rings is 1. The quantitative estimate of drug-likeness (QED) is 0.922. The average molecular weight is 348 g/mol. The minimum Gasteiger partial charge on any atom is -0.376 e. The molecule has 0 aromatic heterocycles. The van der Waals surface area contributed by atoms with E-state index in [1.165, 1.54) is 12.1 Å². The van der Waals surface area contributed by atoms with Crippen LogP contribution in [0.3, 0.4) is 0 Å². The highest BCUT2D eigenvalue weighted by Gasteiger charge is 2.21. The Kier molecular flexibility index (Phi) is 5.20. The highest BCUT2D eigenvalue weighted by atomic mass is 35.5. The first kappa shape index (κ1) is 16.6. The predicted molar refractivity (Wildman–Crippen MR) is 95.1 cm³/mol. The van der Waals surface area contributed by atoms with E-state index in [1.54, 1.807) is 24.3 Å². The van der Waals surface area contributed by atoms with Gasteiger partial charge in [0.15, 0.2) is 0 Å². The van der Waals surface area contributed by atoms with E-state index in [-0.39, 0.29) is 18.3 Å². The molecule has 4 nitrogen and oxygen atoms in total. The summed E-state index contributed by atoms with van der Waals surface area (Å²) in [5.74, 6) is -0.162. The number of carbonyl (C=O) groups is 1. The third-order valence-corrected chi connectivity index (χ3v) is 4.36. The van der Waals surface area contributed by atoms with Gasteiger partial charge in [-0.2, -0.15) is 0 Å². The second-order valence-electron chi connectivity index (χ2n) is 5.70. The molecule has 1 fully saturated rings. The van der Waals surface area contributed by atoms with Crippen LogP contribution < -0.4 is 10.2 Å². The van der Waals surface area contributed by atoms with Gasteiger partial charge in [0.2, 0.25) is 5.91 Å². The van der Waals surface area contributed by atoms with E-state index in [1.807, 2.05) is 17.0 Å². The van der Waals surface area contributed by atoms with Crippen LogP contribution in [-0.2, 0) is 4.79 Å². The molecule has 0 spiro atoms. The third kappa shape index (κ3) is 4.17. The van der Waals surface area contributed by atoms with Crippen LogP contribution >= 0.6 is 11.6 Å². The van der Waals surface area contributed by atoms with Gasteiger partial charge in [-0.25, -0.2) is 4.39 Å². The summed E-state index contributed by atoms with van der Waals surface area (Å²) >= 11 is 5.84. The van der Waals surface area contributed by atoms with Gasteiger partial charge in [0.25, 0.3) is 0 Å². The smallest absolute Gasteiger partial charge is 0.241 e. The molecular weight excluding hydrogens is 329 g/mol. The summed E-state index contributed by atoms with van der Waals surface area (Å²) in [4.78, 5) is 16.3. The van der Waals surface area contributed by atoms with Crippen molar-refractivity contribution >= 4 is 28.9 Å². The largest absolute Gasteiger partial charge is 0.376 e. The molecule has 0 atom stereocenters. The molecule has 1 aliphatic heterocycles. The summed E-state index contributed by atoms with van der Waals surface area (Å²) in [6.45, 7) is 3.09. The van der Waals surface area contributed by atoms with Gasteiger partial charge in [-0.1, -0.05) is 11.6 Å². The summed E-state index contributed by atoms with van der Waals surface area (Å²) < 4.78 is 13.0. The Labute approximate surface area is 145 Å². The molecule has 1 aliphatic rings. The number of rotatable bonds is 4. The molecule has 2 aromatic rings. The SMILES string of the molecule is O=C(CNc1ccc(Cl)cc1)N1CCN(c2ccc(F)cc2)CC1. The summed E-state index contributed by atoms with van der Waals surface area (Å²) in [6.07, 6.45) is 0. The van der Waals surface area contributed by atoms with Crippen LogP contribution in [0.15, 0.2) is 48.5 Å². The molecular formula is C18H19ClFN3O. The number of nitrogens with one attached hydrogen (secondary N) is 1. The Morgan fingerprint density at radius 2 is 1.62 bits per heavy atom. The van der Waals surface area contributed by atoms with E-state index in [9.17, 15) is 9.18 Å². The van der Waals surface area contributed by atoms with E-state index in [2.05, 4.69) is 10.2 Å². The zero-order chi connectivity index (χ0) is 16.9. The molecule has 1 N–H and O–H groups in total. The Balaban J connectivity index is 1.48. The third-order valence-electron chi connectivity index (χ3n) is 4.11. The second kappa shape index (κ2) is 7.53. The Morgan fingerprint density at radius 1 is 1.00 bits per heavy atom. The standard InChI is InChI=1S/C18H19ClFN3O/c19-14-1-5-16(6-2-14)21-13-18(24)23-11-9-22(10-12-23)17-7-3-15(20)4-8-17/h1-8,21H,9-13H2. The van der Waals surface area contributed by atoms with Crippen molar-refractivity contribution in [3.8, 4) is 0 Å². The van der Waals surface area contributed by atoms with E-state index >= 15 is 0 Å². The van der Waals surface area contributed by atoms with Gasteiger partial charge in [-0.3, -0.25) is 4.79 Å². The summed E-state index contributed by atoms with van der Waals surface area (Å²) in [5.41, 5.74) is 1.86. The maximum Gasteiger partial charge on any atom is 0.241 e. The first-order valence-corrected chi connectivity index (χ1v) is 8.27. The fourth-order valence-electron chi connectivity index (χ4n) is 2.72. The monoisotopic (exact) mass is 347 g/mol. The summed E-state index contributed by atoms with van der Waals surface area (Å²) in [7, 11) is 0.